The third kappa shape index (κ3) is 5.62. The van der Waals surface area contributed by atoms with Crippen molar-refractivity contribution in [3.8, 4) is 50.7 Å². The molecule has 0 amide bonds. The quantitative estimate of drug-likeness (QED) is 0.173. The van der Waals surface area contributed by atoms with Crippen molar-refractivity contribution < 1.29 is 4.42 Å². The van der Waals surface area contributed by atoms with E-state index in [-0.39, 0.29) is 0 Å². The summed E-state index contributed by atoms with van der Waals surface area (Å²) in [7, 11) is 0. The average molecular weight is 846 g/mol. The van der Waals surface area contributed by atoms with E-state index in [0.29, 0.717) is 5.82 Å². The molecular weight excluding hydrogens is 811 g/mol. The van der Waals surface area contributed by atoms with E-state index in [1.54, 1.807) is 0 Å². The van der Waals surface area contributed by atoms with Crippen LogP contribution < -0.4 is 0 Å². The number of furan rings is 1. The SMILES string of the molecule is c1ccc(-c2nc(-c3ccc4ccccc4c3)cc(-c3ccc4oc5ccccc5c4c3)n2)c(-c2ccc3c(c2)sc2cccc(-n4c5ccccc5c5ccc6ccccc6c54)c23)c1. The average Bonchev–Trinajstić information content (AvgIpc) is 4.05. The summed E-state index contributed by atoms with van der Waals surface area (Å²) in [5.41, 5.74) is 12.3. The minimum atomic E-state index is 0.677. The summed E-state index contributed by atoms with van der Waals surface area (Å²) in [6.45, 7) is 0. The van der Waals surface area contributed by atoms with E-state index in [2.05, 4.69) is 205 Å². The van der Waals surface area contributed by atoms with Crippen molar-refractivity contribution in [2.45, 2.75) is 0 Å². The molecule has 0 aliphatic rings. The lowest BCUT2D eigenvalue weighted by Gasteiger charge is -2.14. The van der Waals surface area contributed by atoms with Crippen molar-refractivity contribution in [2.24, 2.45) is 0 Å². The monoisotopic (exact) mass is 845 g/mol. The van der Waals surface area contributed by atoms with Crippen LogP contribution in [-0.2, 0) is 0 Å². The molecule has 0 aliphatic carbocycles. The molecule has 4 aromatic heterocycles. The number of para-hydroxylation sites is 2. The number of rotatable bonds is 5. The number of aromatic nitrogens is 3. The van der Waals surface area contributed by atoms with Gasteiger partial charge in [0.25, 0.3) is 0 Å². The highest BCUT2D eigenvalue weighted by Gasteiger charge is 2.21. The van der Waals surface area contributed by atoms with E-state index in [1.165, 1.54) is 69.2 Å². The Balaban J connectivity index is 0.949. The second-order valence-electron chi connectivity index (χ2n) is 16.9. The molecule has 0 N–H and O–H groups in total. The Bertz CT molecular complexity index is 4270. The molecular formula is C60H35N3OS. The van der Waals surface area contributed by atoms with Crippen molar-refractivity contribution >= 4 is 96.8 Å². The van der Waals surface area contributed by atoms with Gasteiger partial charge in [-0.1, -0.05) is 152 Å². The highest BCUT2D eigenvalue weighted by molar-refractivity contribution is 7.26. The molecule has 0 fully saturated rings. The largest absolute Gasteiger partial charge is 0.456 e. The lowest BCUT2D eigenvalue weighted by Crippen LogP contribution is -1.97. The van der Waals surface area contributed by atoms with Crippen LogP contribution in [0, 0.1) is 0 Å². The Hall–Kier alpha value is -8.38. The van der Waals surface area contributed by atoms with Gasteiger partial charge in [0.05, 0.1) is 28.1 Å². The standard InChI is InChI=1S/C60H35N3OS/c1-2-14-38-32-40(25-24-36(38)12-1)50-35-51(41-28-31-55-49(33-41)45-18-8-10-22-54(45)64-55)62-60(61-50)47-19-6-5-15-42(47)39-27-30-48-57(34-39)65-56-23-11-21-53(58(48)56)63-52-20-9-7-17-44(52)46-29-26-37-13-3-4-16-43(37)59(46)63/h1-35H. The lowest BCUT2D eigenvalue weighted by molar-refractivity contribution is 0.669. The first-order valence-corrected chi connectivity index (χ1v) is 22.8. The van der Waals surface area contributed by atoms with Crippen molar-refractivity contribution in [3.63, 3.8) is 0 Å². The molecule has 0 saturated heterocycles. The van der Waals surface area contributed by atoms with Gasteiger partial charge in [-0.2, -0.15) is 0 Å². The van der Waals surface area contributed by atoms with Gasteiger partial charge in [0.2, 0.25) is 0 Å². The maximum absolute atomic E-state index is 6.23. The molecule has 14 rings (SSSR count). The van der Waals surface area contributed by atoms with Gasteiger partial charge in [-0.3, -0.25) is 0 Å². The summed E-state index contributed by atoms with van der Waals surface area (Å²) in [4.78, 5) is 10.8. The van der Waals surface area contributed by atoms with Gasteiger partial charge < -0.3 is 8.98 Å². The summed E-state index contributed by atoms with van der Waals surface area (Å²) in [5, 5.41) is 12.0. The maximum atomic E-state index is 6.23. The zero-order valence-corrected chi connectivity index (χ0v) is 35.7. The minimum Gasteiger partial charge on any atom is -0.456 e. The highest BCUT2D eigenvalue weighted by atomic mass is 32.1. The van der Waals surface area contributed by atoms with Crippen molar-refractivity contribution in [1.29, 1.82) is 0 Å². The third-order valence-electron chi connectivity index (χ3n) is 13.2. The Morgan fingerprint density at radius 1 is 0.385 bits per heavy atom. The maximum Gasteiger partial charge on any atom is 0.161 e. The molecule has 4 heterocycles. The number of hydrogen-bond acceptors (Lipinski definition) is 4. The second kappa shape index (κ2) is 14.1. The molecule has 0 bridgehead atoms. The number of hydrogen-bond donors (Lipinski definition) is 0. The highest BCUT2D eigenvalue weighted by Crippen LogP contribution is 2.44. The van der Waals surface area contributed by atoms with Crippen LogP contribution in [0.5, 0.6) is 0 Å². The van der Waals surface area contributed by atoms with E-state index in [4.69, 9.17) is 14.4 Å². The van der Waals surface area contributed by atoms with Crippen LogP contribution in [0.4, 0.5) is 0 Å². The van der Waals surface area contributed by atoms with E-state index >= 15 is 0 Å². The fourth-order valence-electron chi connectivity index (χ4n) is 10.2. The van der Waals surface area contributed by atoms with Gasteiger partial charge in [0, 0.05) is 63.8 Å². The van der Waals surface area contributed by atoms with Gasteiger partial charge in [-0.05, 0) is 87.9 Å². The fraction of sp³-hybridized carbons (Fsp3) is 0. The molecule has 0 aliphatic heterocycles. The van der Waals surface area contributed by atoms with Crippen molar-refractivity contribution in [2.75, 3.05) is 0 Å². The molecule has 5 heteroatoms. The van der Waals surface area contributed by atoms with Crippen LogP contribution in [0.2, 0.25) is 0 Å². The van der Waals surface area contributed by atoms with E-state index in [1.807, 2.05) is 23.5 Å². The van der Waals surface area contributed by atoms with Crippen LogP contribution in [0.25, 0.3) is 136 Å². The van der Waals surface area contributed by atoms with Gasteiger partial charge in [-0.25, -0.2) is 9.97 Å². The van der Waals surface area contributed by atoms with Crippen LogP contribution in [0.1, 0.15) is 0 Å². The molecule has 0 atom stereocenters. The fourth-order valence-corrected chi connectivity index (χ4v) is 11.3. The summed E-state index contributed by atoms with van der Waals surface area (Å²) < 4.78 is 11.2. The normalized spacial score (nSPS) is 12.0. The molecule has 302 valence electrons. The molecule has 0 spiro atoms. The Morgan fingerprint density at radius 2 is 1.05 bits per heavy atom. The Morgan fingerprint density at radius 3 is 1.94 bits per heavy atom. The van der Waals surface area contributed by atoms with Gasteiger partial charge in [-0.15, -0.1) is 11.3 Å². The predicted molar refractivity (Wildman–Crippen MR) is 273 cm³/mol. The zero-order chi connectivity index (χ0) is 42.6. The number of benzene rings is 10. The van der Waals surface area contributed by atoms with Crippen LogP contribution in [-0.4, -0.2) is 14.5 Å². The van der Waals surface area contributed by atoms with Crippen molar-refractivity contribution in [1.82, 2.24) is 14.5 Å². The first kappa shape index (κ1) is 36.1. The van der Waals surface area contributed by atoms with E-state index in [0.717, 1.165) is 61.1 Å². The molecule has 10 aromatic carbocycles. The van der Waals surface area contributed by atoms with Crippen LogP contribution in [0.15, 0.2) is 217 Å². The number of thiophene rings is 1. The van der Waals surface area contributed by atoms with E-state index in [9.17, 15) is 0 Å². The van der Waals surface area contributed by atoms with Gasteiger partial charge in [0.15, 0.2) is 5.82 Å². The molecule has 14 aromatic rings. The topological polar surface area (TPSA) is 43.9 Å². The lowest BCUT2D eigenvalue weighted by atomic mass is 9.97. The minimum absolute atomic E-state index is 0.677. The first-order valence-electron chi connectivity index (χ1n) is 22.0. The third-order valence-corrected chi connectivity index (χ3v) is 14.3. The molecule has 0 radical (unpaired) electrons. The molecule has 0 saturated carbocycles. The van der Waals surface area contributed by atoms with Crippen LogP contribution in [0.3, 0.4) is 0 Å². The summed E-state index contributed by atoms with van der Waals surface area (Å²) in [5.74, 6) is 0.677. The smallest absolute Gasteiger partial charge is 0.161 e. The summed E-state index contributed by atoms with van der Waals surface area (Å²) in [6, 6.07) is 76.1. The van der Waals surface area contributed by atoms with Crippen molar-refractivity contribution in [3.05, 3.63) is 212 Å². The Kier molecular flexibility index (Phi) is 7.82. The number of nitrogens with zero attached hydrogens (tertiary/aromatic N) is 3. The van der Waals surface area contributed by atoms with E-state index < -0.39 is 0 Å². The molecule has 0 unspecified atom stereocenters. The predicted octanol–water partition coefficient (Wildman–Crippen LogP) is 16.8. The summed E-state index contributed by atoms with van der Waals surface area (Å²) in [6.07, 6.45) is 0. The number of fused-ring (bicyclic) bond motifs is 12. The van der Waals surface area contributed by atoms with Gasteiger partial charge >= 0.3 is 0 Å². The zero-order valence-electron chi connectivity index (χ0n) is 34.9. The molecule has 4 nitrogen and oxygen atoms in total. The summed E-state index contributed by atoms with van der Waals surface area (Å²) >= 11 is 1.85. The van der Waals surface area contributed by atoms with Gasteiger partial charge in [0.1, 0.15) is 11.2 Å². The first-order chi connectivity index (χ1) is 32.2. The molecule has 65 heavy (non-hydrogen) atoms. The second-order valence-corrected chi connectivity index (χ2v) is 18.0. The van der Waals surface area contributed by atoms with Crippen LogP contribution >= 0.6 is 11.3 Å². The Labute approximate surface area is 376 Å².